The zero-order valence-electron chi connectivity index (χ0n) is 18.0. The summed E-state index contributed by atoms with van der Waals surface area (Å²) in [6, 6.07) is 9.93. The van der Waals surface area contributed by atoms with Gasteiger partial charge >= 0.3 is 0 Å². The molecule has 0 radical (unpaired) electrons. The summed E-state index contributed by atoms with van der Waals surface area (Å²) in [4.78, 5) is 21.0. The molecule has 4 rings (SSSR count). The summed E-state index contributed by atoms with van der Waals surface area (Å²) in [5, 5.41) is 6.57. The molecule has 1 aliphatic rings. The van der Waals surface area contributed by atoms with E-state index in [2.05, 4.69) is 37.4 Å². The van der Waals surface area contributed by atoms with E-state index in [0.29, 0.717) is 24.7 Å². The van der Waals surface area contributed by atoms with Gasteiger partial charge in [0.1, 0.15) is 23.9 Å². The molecule has 1 amide bonds. The van der Waals surface area contributed by atoms with Crippen LogP contribution in [0.25, 0.3) is 0 Å². The van der Waals surface area contributed by atoms with Crippen molar-refractivity contribution in [3.05, 3.63) is 59.9 Å². The van der Waals surface area contributed by atoms with Crippen molar-refractivity contribution in [1.82, 2.24) is 24.5 Å². The minimum absolute atomic E-state index is 0.0668. The summed E-state index contributed by atoms with van der Waals surface area (Å²) in [5.74, 6) is 2.81. The van der Waals surface area contributed by atoms with Crippen molar-refractivity contribution in [2.45, 2.75) is 20.1 Å². The first kappa shape index (κ1) is 21.1. The Morgan fingerprint density at radius 3 is 2.55 bits per heavy atom. The molecular formula is C22H28N6O3. The summed E-state index contributed by atoms with van der Waals surface area (Å²) >= 11 is 0. The standard InChI is InChI=1S/C22H28N6O3/c1-17-13-20(25-31-17)24-22(29)15-28-11-9-27(10-12-28)14-18-3-5-19(6-4-18)30-16-21-23-7-8-26(21)2/h3-8,13H,9-12,14-16H2,1-2H3,(H,24,25,29). The van der Waals surface area contributed by atoms with Crippen LogP contribution in [0.15, 0.2) is 47.2 Å². The molecule has 1 aliphatic heterocycles. The van der Waals surface area contributed by atoms with Gasteiger partial charge in [-0.05, 0) is 24.6 Å². The molecule has 164 valence electrons. The van der Waals surface area contributed by atoms with E-state index in [1.54, 1.807) is 19.2 Å². The summed E-state index contributed by atoms with van der Waals surface area (Å²) in [6.45, 7) is 7.06. The molecule has 0 spiro atoms. The van der Waals surface area contributed by atoms with Crippen LogP contribution in [0.3, 0.4) is 0 Å². The highest BCUT2D eigenvalue weighted by Gasteiger charge is 2.19. The average molecular weight is 425 g/mol. The number of hydrogen-bond acceptors (Lipinski definition) is 7. The van der Waals surface area contributed by atoms with E-state index in [4.69, 9.17) is 9.26 Å². The Kier molecular flexibility index (Phi) is 6.63. The molecule has 0 saturated carbocycles. The Balaban J connectivity index is 1.18. The number of benzene rings is 1. The molecule has 9 heteroatoms. The topological polar surface area (TPSA) is 88.7 Å². The number of nitrogens with zero attached hydrogens (tertiary/aromatic N) is 5. The molecule has 3 heterocycles. The molecule has 1 aromatic carbocycles. The van der Waals surface area contributed by atoms with Crippen LogP contribution in [-0.4, -0.2) is 63.1 Å². The third-order valence-corrected chi connectivity index (χ3v) is 5.35. The molecular weight excluding hydrogens is 396 g/mol. The van der Waals surface area contributed by atoms with Gasteiger partial charge in [-0.15, -0.1) is 0 Å². The first-order valence-corrected chi connectivity index (χ1v) is 10.4. The SMILES string of the molecule is Cc1cc(NC(=O)CN2CCN(Cc3ccc(OCc4nccn4C)cc3)CC2)no1. The summed E-state index contributed by atoms with van der Waals surface area (Å²) < 4.78 is 12.7. The lowest BCUT2D eigenvalue weighted by Crippen LogP contribution is -2.48. The van der Waals surface area contributed by atoms with Gasteiger partial charge in [0.05, 0.1) is 6.54 Å². The number of carbonyl (C=O) groups is 1. The Hall–Kier alpha value is -3.17. The number of ether oxygens (including phenoxy) is 1. The largest absolute Gasteiger partial charge is 0.486 e. The Morgan fingerprint density at radius 1 is 1.16 bits per heavy atom. The zero-order chi connectivity index (χ0) is 21.6. The number of hydrogen-bond donors (Lipinski definition) is 1. The molecule has 0 aliphatic carbocycles. The van der Waals surface area contributed by atoms with E-state index in [1.165, 1.54) is 5.56 Å². The molecule has 31 heavy (non-hydrogen) atoms. The number of aryl methyl sites for hydroxylation is 2. The zero-order valence-corrected chi connectivity index (χ0v) is 18.0. The second kappa shape index (κ2) is 9.76. The van der Waals surface area contributed by atoms with Gasteiger partial charge in [-0.25, -0.2) is 4.98 Å². The fourth-order valence-corrected chi connectivity index (χ4v) is 3.55. The molecule has 1 fully saturated rings. The van der Waals surface area contributed by atoms with Crippen LogP contribution < -0.4 is 10.1 Å². The Labute approximate surface area is 181 Å². The number of amides is 1. The maximum absolute atomic E-state index is 12.2. The van der Waals surface area contributed by atoms with E-state index in [0.717, 1.165) is 44.3 Å². The minimum Gasteiger partial charge on any atom is -0.486 e. The van der Waals surface area contributed by atoms with Gasteiger partial charge in [-0.1, -0.05) is 17.3 Å². The third-order valence-electron chi connectivity index (χ3n) is 5.35. The summed E-state index contributed by atoms with van der Waals surface area (Å²) in [7, 11) is 1.96. The Bertz CT molecular complexity index is 989. The lowest BCUT2D eigenvalue weighted by atomic mass is 10.2. The van der Waals surface area contributed by atoms with Gasteiger partial charge in [0.15, 0.2) is 5.82 Å². The van der Waals surface area contributed by atoms with Gasteiger partial charge in [0.2, 0.25) is 5.91 Å². The van der Waals surface area contributed by atoms with Gasteiger partial charge in [0.25, 0.3) is 0 Å². The first-order chi connectivity index (χ1) is 15.0. The monoisotopic (exact) mass is 424 g/mol. The highest BCUT2D eigenvalue weighted by atomic mass is 16.5. The highest BCUT2D eigenvalue weighted by molar-refractivity contribution is 5.91. The number of carbonyl (C=O) groups excluding carboxylic acids is 1. The molecule has 1 saturated heterocycles. The van der Waals surface area contributed by atoms with Crippen molar-refractivity contribution < 1.29 is 14.1 Å². The smallest absolute Gasteiger partial charge is 0.239 e. The fourth-order valence-electron chi connectivity index (χ4n) is 3.55. The van der Waals surface area contributed by atoms with E-state index in [1.807, 2.05) is 29.9 Å². The van der Waals surface area contributed by atoms with E-state index in [9.17, 15) is 4.79 Å². The molecule has 2 aromatic heterocycles. The van der Waals surface area contributed by atoms with E-state index >= 15 is 0 Å². The summed E-state index contributed by atoms with van der Waals surface area (Å²) in [6.07, 6.45) is 3.68. The molecule has 0 atom stereocenters. The van der Waals surface area contributed by atoms with Crippen LogP contribution in [0.5, 0.6) is 5.75 Å². The van der Waals surface area contributed by atoms with E-state index < -0.39 is 0 Å². The van der Waals surface area contributed by atoms with Crippen LogP contribution in [0, 0.1) is 6.92 Å². The van der Waals surface area contributed by atoms with Gasteiger partial charge in [0, 0.05) is 58.2 Å². The van der Waals surface area contributed by atoms with Crippen LogP contribution >= 0.6 is 0 Å². The normalized spacial score (nSPS) is 15.2. The molecule has 0 unspecified atom stereocenters. The van der Waals surface area contributed by atoms with Crippen LogP contribution in [-0.2, 0) is 25.0 Å². The van der Waals surface area contributed by atoms with Crippen molar-refractivity contribution in [3.63, 3.8) is 0 Å². The van der Waals surface area contributed by atoms with Crippen molar-refractivity contribution in [3.8, 4) is 5.75 Å². The highest BCUT2D eigenvalue weighted by Crippen LogP contribution is 2.16. The number of nitrogens with one attached hydrogen (secondary N) is 1. The molecule has 1 N–H and O–H groups in total. The number of aromatic nitrogens is 3. The van der Waals surface area contributed by atoms with E-state index in [-0.39, 0.29) is 5.91 Å². The van der Waals surface area contributed by atoms with Crippen molar-refractivity contribution >= 4 is 11.7 Å². The summed E-state index contributed by atoms with van der Waals surface area (Å²) in [5.41, 5.74) is 1.25. The second-order valence-corrected chi connectivity index (χ2v) is 7.81. The first-order valence-electron chi connectivity index (χ1n) is 10.4. The van der Waals surface area contributed by atoms with Crippen molar-refractivity contribution in [2.24, 2.45) is 7.05 Å². The predicted molar refractivity (Wildman–Crippen MR) is 116 cm³/mol. The minimum atomic E-state index is -0.0668. The van der Waals surface area contributed by atoms with Gasteiger partial charge in [-0.2, -0.15) is 0 Å². The number of rotatable bonds is 8. The average Bonchev–Trinajstić information content (AvgIpc) is 3.36. The number of anilines is 1. The number of piperazine rings is 1. The maximum atomic E-state index is 12.2. The number of imidazole rings is 1. The van der Waals surface area contributed by atoms with Crippen molar-refractivity contribution in [2.75, 3.05) is 38.0 Å². The Morgan fingerprint density at radius 2 is 1.90 bits per heavy atom. The third kappa shape index (κ3) is 5.93. The van der Waals surface area contributed by atoms with Crippen molar-refractivity contribution in [1.29, 1.82) is 0 Å². The molecule has 9 nitrogen and oxygen atoms in total. The lowest BCUT2D eigenvalue weighted by molar-refractivity contribution is -0.117. The lowest BCUT2D eigenvalue weighted by Gasteiger charge is -2.34. The molecule has 3 aromatic rings. The van der Waals surface area contributed by atoms with Crippen LogP contribution in [0.1, 0.15) is 17.1 Å². The van der Waals surface area contributed by atoms with Gasteiger partial charge < -0.3 is 19.1 Å². The maximum Gasteiger partial charge on any atom is 0.239 e. The molecule has 0 bridgehead atoms. The fraction of sp³-hybridized carbons (Fsp3) is 0.409. The quantitative estimate of drug-likeness (QED) is 0.592. The second-order valence-electron chi connectivity index (χ2n) is 7.81. The van der Waals surface area contributed by atoms with Crippen LogP contribution in [0.2, 0.25) is 0 Å². The van der Waals surface area contributed by atoms with Crippen LogP contribution in [0.4, 0.5) is 5.82 Å². The predicted octanol–water partition coefficient (Wildman–Crippen LogP) is 2.05. The van der Waals surface area contributed by atoms with Gasteiger partial charge in [-0.3, -0.25) is 14.6 Å².